The summed E-state index contributed by atoms with van der Waals surface area (Å²) in [6.45, 7) is 6.10. The number of carboxylic acids is 1. The molecule has 3 heteroatoms. The van der Waals surface area contributed by atoms with Gasteiger partial charge in [0, 0.05) is 0 Å². The van der Waals surface area contributed by atoms with Crippen molar-refractivity contribution in [2.45, 2.75) is 71.0 Å². The van der Waals surface area contributed by atoms with Gasteiger partial charge in [-0.3, -0.25) is 0 Å². The van der Waals surface area contributed by atoms with E-state index in [1.54, 1.807) is 0 Å². The van der Waals surface area contributed by atoms with Crippen molar-refractivity contribution in [3.8, 4) is 0 Å². The molecule has 1 aliphatic carbocycles. The van der Waals surface area contributed by atoms with Crippen LogP contribution in [0.15, 0.2) is 0 Å². The van der Waals surface area contributed by atoms with E-state index < -0.39 is 11.6 Å². The highest BCUT2D eigenvalue weighted by atomic mass is 16.5. The zero-order valence-electron chi connectivity index (χ0n) is 10.7. The van der Waals surface area contributed by atoms with Crippen LogP contribution in [0.2, 0.25) is 0 Å². The minimum atomic E-state index is -0.944. The Morgan fingerprint density at radius 2 is 2.12 bits per heavy atom. The van der Waals surface area contributed by atoms with Gasteiger partial charge in [0.2, 0.25) is 0 Å². The van der Waals surface area contributed by atoms with Gasteiger partial charge in [-0.15, -0.1) is 0 Å². The highest BCUT2D eigenvalue weighted by Crippen LogP contribution is 2.34. The average molecular weight is 228 g/mol. The number of ether oxygens (including phenoxy) is 1. The second-order valence-corrected chi connectivity index (χ2v) is 5.04. The zero-order chi connectivity index (χ0) is 12.2. The molecule has 0 bridgehead atoms. The predicted octanol–water partition coefficient (Wildman–Crippen LogP) is 3.23. The molecule has 2 atom stereocenters. The highest BCUT2D eigenvalue weighted by molar-refractivity contribution is 5.77. The summed E-state index contributed by atoms with van der Waals surface area (Å²) >= 11 is 0. The van der Waals surface area contributed by atoms with Gasteiger partial charge in [-0.25, -0.2) is 4.79 Å². The molecule has 0 aliphatic heterocycles. The van der Waals surface area contributed by atoms with E-state index in [-0.39, 0.29) is 6.10 Å². The fourth-order valence-electron chi connectivity index (χ4n) is 2.08. The van der Waals surface area contributed by atoms with E-state index in [4.69, 9.17) is 4.74 Å². The summed E-state index contributed by atoms with van der Waals surface area (Å²) in [5, 5.41) is 9.41. The molecule has 3 nitrogen and oxygen atoms in total. The molecule has 2 unspecified atom stereocenters. The Labute approximate surface area is 98.2 Å². The van der Waals surface area contributed by atoms with Gasteiger partial charge in [0.25, 0.3) is 0 Å². The minimum Gasteiger partial charge on any atom is -0.479 e. The fraction of sp³-hybridized carbons (Fsp3) is 0.923. The van der Waals surface area contributed by atoms with Crippen molar-refractivity contribution in [3.63, 3.8) is 0 Å². The SMILES string of the molecule is CCC(C)CC(CC)(OC1CCC1)C(=O)O. The molecule has 94 valence electrons. The van der Waals surface area contributed by atoms with Gasteiger partial charge in [0.1, 0.15) is 0 Å². The molecule has 1 N–H and O–H groups in total. The lowest BCUT2D eigenvalue weighted by Gasteiger charge is -2.38. The first-order valence-electron chi connectivity index (χ1n) is 6.45. The van der Waals surface area contributed by atoms with Gasteiger partial charge >= 0.3 is 5.97 Å². The van der Waals surface area contributed by atoms with Crippen LogP contribution >= 0.6 is 0 Å². The Balaban J connectivity index is 2.67. The normalized spacial score (nSPS) is 22.2. The second kappa shape index (κ2) is 5.67. The van der Waals surface area contributed by atoms with Crippen LogP contribution < -0.4 is 0 Å². The molecule has 1 aliphatic rings. The number of rotatable bonds is 7. The summed E-state index contributed by atoms with van der Waals surface area (Å²) in [6.07, 6.45) is 5.59. The van der Waals surface area contributed by atoms with E-state index in [2.05, 4.69) is 13.8 Å². The molecule has 0 amide bonds. The quantitative estimate of drug-likeness (QED) is 0.727. The smallest absolute Gasteiger partial charge is 0.335 e. The summed E-state index contributed by atoms with van der Waals surface area (Å²) in [5.41, 5.74) is -0.944. The number of carboxylic acid groups (broad SMARTS) is 1. The molecular formula is C13H24O3. The Morgan fingerprint density at radius 1 is 1.50 bits per heavy atom. The van der Waals surface area contributed by atoms with Crippen molar-refractivity contribution in [2.24, 2.45) is 5.92 Å². The van der Waals surface area contributed by atoms with E-state index in [1.165, 1.54) is 6.42 Å². The summed E-state index contributed by atoms with van der Waals surface area (Å²) in [5.74, 6) is -0.390. The molecule has 1 fully saturated rings. The van der Waals surface area contributed by atoms with Gasteiger partial charge in [-0.2, -0.15) is 0 Å². The molecule has 0 aromatic rings. The van der Waals surface area contributed by atoms with E-state index in [0.717, 1.165) is 19.3 Å². The topological polar surface area (TPSA) is 46.5 Å². The Bertz CT molecular complexity index is 227. The second-order valence-electron chi connectivity index (χ2n) is 5.04. The average Bonchev–Trinajstić information content (AvgIpc) is 2.20. The van der Waals surface area contributed by atoms with Crippen molar-refractivity contribution in [3.05, 3.63) is 0 Å². The molecule has 0 aromatic carbocycles. The molecule has 0 saturated heterocycles. The van der Waals surface area contributed by atoms with Crippen molar-refractivity contribution in [1.82, 2.24) is 0 Å². The Hall–Kier alpha value is -0.570. The van der Waals surface area contributed by atoms with Gasteiger partial charge in [-0.1, -0.05) is 27.2 Å². The number of hydrogen-bond acceptors (Lipinski definition) is 2. The third kappa shape index (κ3) is 2.97. The highest BCUT2D eigenvalue weighted by Gasteiger charge is 2.42. The van der Waals surface area contributed by atoms with E-state index in [0.29, 0.717) is 18.8 Å². The van der Waals surface area contributed by atoms with Crippen molar-refractivity contribution < 1.29 is 14.6 Å². The number of aliphatic carboxylic acids is 1. The molecule has 0 spiro atoms. The molecule has 0 radical (unpaired) electrons. The van der Waals surface area contributed by atoms with Crippen LogP contribution in [0.5, 0.6) is 0 Å². The van der Waals surface area contributed by atoms with Crippen molar-refractivity contribution in [1.29, 1.82) is 0 Å². The first-order valence-corrected chi connectivity index (χ1v) is 6.45. The van der Waals surface area contributed by atoms with Crippen LogP contribution in [-0.2, 0) is 9.53 Å². The van der Waals surface area contributed by atoms with Gasteiger partial charge in [0.05, 0.1) is 6.10 Å². The molecule has 1 saturated carbocycles. The number of carbonyl (C=O) groups is 1. The largest absolute Gasteiger partial charge is 0.479 e. The van der Waals surface area contributed by atoms with E-state index >= 15 is 0 Å². The van der Waals surface area contributed by atoms with Crippen molar-refractivity contribution in [2.75, 3.05) is 0 Å². The van der Waals surface area contributed by atoms with E-state index in [9.17, 15) is 9.90 Å². The van der Waals surface area contributed by atoms with Crippen molar-refractivity contribution >= 4 is 5.97 Å². The summed E-state index contributed by atoms with van der Waals surface area (Å²) in [6, 6.07) is 0. The molecular weight excluding hydrogens is 204 g/mol. The zero-order valence-corrected chi connectivity index (χ0v) is 10.7. The minimum absolute atomic E-state index is 0.181. The maximum Gasteiger partial charge on any atom is 0.335 e. The molecule has 1 rings (SSSR count). The third-order valence-electron chi connectivity index (χ3n) is 3.78. The first-order chi connectivity index (χ1) is 7.54. The van der Waals surface area contributed by atoms with Crippen LogP contribution in [0.4, 0.5) is 0 Å². The Morgan fingerprint density at radius 3 is 2.44 bits per heavy atom. The van der Waals surface area contributed by atoms with Crippen LogP contribution in [0.25, 0.3) is 0 Å². The van der Waals surface area contributed by atoms with Gasteiger partial charge in [-0.05, 0) is 38.0 Å². The van der Waals surface area contributed by atoms with Crippen LogP contribution in [0, 0.1) is 5.92 Å². The predicted molar refractivity (Wildman–Crippen MR) is 63.5 cm³/mol. The lowest BCUT2D eigenvalue weighted by atomic mass is 9.86. The molecule has 0 aromatic heterocycles. The van der Waals surface area contributed by atoms with Gasteiger partial charge in [0.15, 0.2) is 5.60 Å². The molecule has 16 heavy (non-hydrogen) atoms. The first kappa shape index (κ1) is 13.5. The van der Waals surface area contributed by atoms with Crippen LogP contribution in [0.3, 0.4) is 0 Å². The lowest BCUT2D eigenvalue weighted by molar-refractivity contribution is -0.185. The fourth-order valence-corrected chi connectivity index (χ4v) is 2.08. The summed E-state index contributed by atoms with van der Waals surface area (Å²) in [7, 11) is 0. The molecule has 0 heterocycles. The lowest BCUT2D eigenvalue weighted by Crippen LogP contribution is -2.46. The van der Waals surface area contributed by atoms with Crippen LogP contribution in [-0.4, -0.2) is 22.8 Å². The summed E-state index contributed by atoms with van der Waals surface area (Å²) in [4.78, 5) is 11.5. The maximum atomic E-state index is 11.5. The number of hydrogen-bond donors (Lipinski definition) is 1. The maximum absolute atomic E-state index is 11.5. The van der Waals surface area contributed by atoms with Gasteiger partial charge < -0.3 is 9.84 Å². The van der Waals surface area contributed by atoms with E-state index in [1.807, 2.05) is 6.92 Å². The third-order valence-corrected chi connectivity index (χ3v) is 3.78. The standard InChI is InChI=1S/C13H24O3/c1-4-10(3)9-13(5-2,12(14)15)16-11-7-6-8-11/h10-11H,4-9H2,1-3H3,(H,14,15). The summed E-state index contributed by atoms with van der Waals surface area (Å²) < 4.78 is 5.86. The monoisotopic (exact) mass is 228 g/mol. The Kier molecular flexibility index (Phi) is 4.78. The van der Waals surface area contributed by atoms with Crippen LogP contribution in [0.1, 0.15) is 59.3 Å².